The first-order valence-electron chi connectivity index (χ1n) is 7.70. The summed E-state index contributed by atoms with van der Waals surface area (Å²) in [4.78, 5) is 15.8. The smallest absolute Gasteiger partial charge is 0.337 e. The van der Waals surface area contributed by atoms with Crippen molar-refractivity contribution in [3.8, 4) is 17.1 Å². The fourth-order valence-electron chi connectivity index (χ4n) is 2.34. The molecule has 134 valence electrons. The molecule has 0 aliphatic carbocycles. The molecule has 0 saturated heterocycles. The molecule has 26 heavy (non-hydrogen) atoms. The Morgan fingerprint density at radius 1 is 1.23 bits per heavy atom. The van der Waals surface area contributed by atoms with Crippen LogP contribution in [-0.2, 0) is 11.3 Å². The molecular formula is C18H16FN3O4. The van der Waals surface area contributed by atoms with Crippen LogP contribution in [0.25, 0.3) is 11.4 Å². The van der Waals surface area contributed by atoms with Gasteiger partial charge < -0.3 is 19.3 Å². The largest absolute Gasteiger partial charge is 0.496 e. The second kappa shape index (κ2) is 7.64. The van der Waals surface area contributed by atoms with Gasteiger partial charge in [0, 0.05) is 0 Å². The van der Waals surface area contributed by atoms with Crippen molar-refractivity contribution in [3.05, 3.63) is 59.7 Å². The molecule has 0 radical (unpaired) electrons. The minimum absolute atomic E-state index is 0.0870. The van der Waals surface area contributed by atoms with Gasteiger partial charge in [-0.1, -0.05) is 17.3 Å². The van der Waals surface area contributed by atoms with Crippen LogP contribution in [0.4, 0.5) is 10.1 Å². The number of anilines is 1. The number of halogens is 1. The highest BCUT2D eigenvalue weighted by Gasteiger charge is 2.14. The van der Waals surface area contributed by atoms with E-state index in [0.29, 0.717) is 17.1 Å². The number of nitrogens with zero attached hydrogens (tertiary/aromatic N) is 2. The van der Waals surface area contributed by atoms with E-state index in [-0.39, 0.29) is 23.7 Å². The van der Waals surface area contributed by atoms with E-state index < -0.39 is 11.8 Å². The molecule has 0 saturated carbocycles. The number of ether oxygens (including phenoxy) is 2. The third-order valence-corrected chi connectivity index (χ3v) is 3.63. The molecule has 1 heterocycles. The van der Waals surface area contributed by atoms with Gasteiger partial charge in [0.15, 0.2) is 0 Å². The summed E-state index contributed by atoms with van der Waals surface area (Å²) >= 11 is 0. The Morgan fingerprint density at radius 3 is 2.81 bits per heavy atom. The number of carbonyl (C=O) groups is 1. The first kappa shape index (κ1) is 17.4. The number of hydrogen-bond donors (Lipinski definition) is 1. The lowest BCUT2D eigenvalue weighted by Crippen LogP contribution is -2.06. The predicted molar refractivity (Wildman–Crippen MR) is 91.4 cm³/mol. The molecule has 0 aliphatic rings. The van der Waals surface area contributed by atoms with E-state index in [0.717, 1.165) is 0 Å². The van der Waals surface area contributed by atoms with Crippen LogP contribution in [0.2, 0.25) is 0 Å². The first-order chi connectivity index (χ1) is 12.6. The highest BCUT2D eigenvalue weighted by atomic mass is 19.1. The summed E-state index contributed by atoms with van der Waals surface area (Å²) in [5.74, 6) is 0.174. The average molecular weight is 357 g/mol. The molecule has 0 amide bonds. The summed E-state index contributed by atoms with van der Waals surface area (Å²) in [5, 5.41) is 6.75. The maximum atomic E-state index is 13.9. The third-order valence-electron chi connectivity index (χ3n) is 3.63. The van der Waals surface area contributed by atoms with Crippen molar-refractivity contribution < 1.29 is 23.2 Å². The molecule has 3 rings (SSSR count). The molecule has 2 aromatic carbocycles. The number of aromatic nitrogens is 2. The lowest BCUT2D eigenvalue weighted by atomic mass is 10.2. The molecule has 0 spiro atoms. The van der Waals surface area contributed by atoms with Crippen molar-refractivity contribution in [1.29, 1.82) is 0 Å². The van der Waals surface area contributed by atoms with Crippen LogP contribution in [0.3, 0.4) is 0 Å². The van der Waals surface area contributed by atoms with Crippen LogP contribution < -0.4 is 10.1 Å². The standard InChI is InChI=1S/C18H16FN3O4/c1-24-15-6-4-3-5-12(15)17-21-16(26-22-17)10-20-14-9-11(18(23)25-2)7-8-13(14)19/h3-9,20H,10H2,1-2H3. The van der Waals surface area contributed by atoms with E-state index in [1.807, 2.05) is 12.1 Å². The van der Waals surface area contributed by atoms with Gasteiger partial charge in [-0.2, -0.15) is 4.98 Å². The first-order valence-corrected chi connectivity index (χ1v) is 7.70. The zero-order valence-electron chi connectivity index (χ0n) is 14.2. The van der Waals surface area contributed by atoms with Crippen LogP contribution in [0.15, 0.2) is 47.0 Å². The number of methoxy groups -OCH3 is 2. The van der Waals surface area contributed by atoms with Gasteiger partial charge in [-0.15, -0.1) is 0 Å². The number of nitrogens with one attached hydrogen (secondary N) is 1. The van der Waals surface area contributed by atoms with Crippen LogP contribution in [0.5, 0.6) is 5.75 Å². The molecule has 1 N–H and O–H groups in total. The fraction of sp³-hybridized carbons (Fsp3) is 0.167. The number of rotatable bonds is 6. The summed E-state index contributed by atoms with van der Waals surface area (Å²) in [6.07, 6.45) is 0. The quantitative estimate of drug-likeness (QED) is 0.678. The van der Waals surface area contributed by atoms with Crippen LogP contribution in [-0.4, -0.2) is 30.3 Å². The van der Waals surface area contributed by atoms with Crippen LogP contribution >= 0.6 is 0 Å². The van der Waals surface area contributed by atoms with Crippen molar-refractivity contribution in [2.75, 3.05) is 19.5 Å². The topological polar surface area (TPSA) is 86.5 Å². The molecule has 0 unspecified atom stereocenters. The molecule has 0 atom stereocenters. The van der Waals surface area contributed by atoms with E-state index in [2.05, 4.69) is 20.2 Å². The minimum atomic E-state index is -0.552. The summed E-state index contributed by atoms with van der Waals surface area (Å²) in [7, 11) is 2.81. The molecule has 0 aliphatic heterocycles. The van der Waals surface area contributed by atoms with Crippen molar-refractivity contribution in [1.82, 2.24) is 10.1 Å². The number of benzene rings is 2. The van der Waals surface area contributed by atoms with E-state index in [4.69, 9.17) is 9.26 Å². The highest BCUT2D eigenvalue weighted by Crippen LogP contribution is 2.27. The normalized spacial score (nSPS) is 10.4. The van der Waals surface area contributed by atoms with E-state index in [1.165, 1.54) is 25.3 Å². The summed E-state index contributed by atoms with van der Waals surface area (Å²) in [5.41, 5.74) is 1.05. The Balaban J connectivity index is 1.75. The van der Waals surface area contributed by atoms with Crippen molar-refractivity contribution in [2.45, 2.75) is 6.54 Å². The molecule has 1 aromatic heterocycles. The number of para-hydroxylation sites is 1. The third kappa shape index (κ3) is 3.64. The van der Waals surface area contributed by atoms with E-state index >= 15 is 0 Å². The maximum absolute atomic E-state index is 13.9. The van der Waals surface area contributed by atoms with Crippen LogP contribution in [0.1, 0.15) is 16.2 Å². The summed E-state index contributed by atoms with van der Waals surface area (Å²) in [6, 6.07) is 11.2. The average Bonchev–Trinajstić information content (AvgIpc) is 3.15. The number of esters is 1. The zero-order valence-corrected chi connectivity index (χ0v) is 14.2. The van der Waals surface area contributed by atoms with E-state index in [9.17, 15) is 9.18 Å². The van der Waals surface area contributed by atoms with Gasteiger partial charge in [0.25, 0.3) is 0 Å². The Hall–Kier alpha value is -3.42. The van der Waals surface area contributed by atoms with Crippen molar-refractivity contribution in [3.63, 3.8) is 0 Å². The Labute approximate surface area is 148 Å². The number of hydrogen-bond acceptors (Lipinski definition) is 7. The molecule has 8 heteroatoms. The minimum Gasteiger partial charge on any atom is -0.496 e. The lowest BCUT2D eigenvalue weighted by molar-refractivity contribution is 0.0600. The molecule has 0 fully saturated rings. The second-order valence-electron chi connectivity index (χ2n) is 5.25. The SMILES string of the molecule is COC(=O)c1ccc(F)c(NCc2nc(-c3ccccc3OC)no2)c1. The summed E-state index contributed by atoms with van der Waals surface area (Å²) in [6.45, 7) is 0.0870. The predicted octanol–water partition coefficient (Wildman–Crippen LogP) is 3.28. The lowest BCUT2D eigenvalue weighted by Gasteiger charge is -2.07. The van der Waals surface area contributed by atoms with Gasteiger partial charge in [0.2, 0.25) is 11.7 Å². The zero-order chi connectivity index (χ0) is 18.5. The molecule has 3 aromatic rings. The van der Waals surface area contributed by atoms with Gasteiger partial charge in [-0.05, 0) is 30.3 Å². The van der Waals surface area contributed by atoms with Gasteiger partial charge in [0.05, 0.1) is 37.6 Å². The van der Waals surface area contributed by atoms with Crippen molar-refractivity contribution in [2.24, 2.45) is 0 Å². The van der Waals surface area contributed by atoms with Crippen molar-refractivity contribution >= 4 is 11.7 Å². The fourth-order valence-corrected chi connectivity index (χ4v) is 2.34. The van der Waals surface area contributed by atoms with Gasteiger partial charge in [-0.3, -0.25) is 0 Å². The Morgan fingerprint density at radius 2 is 2.04 bits per heavy atom. The van der Waals surface area contributed by atoms with Gasteiger partial charge in [0.1, 0.15) is 11.6 Å². The van der Waals surface area contributed by atoms with Gasteiger partial charge in [-0.25, -0.2) is 9.18 Å². The monoisotopic (exact) mass is 357 g/mol. The Bertz CT molecular complexity index is 926. The summed E-state index contributed by atoms with van der Waals surface area (Å²) < 4.78 is 29.0. The molecule has 0 bridgehead atoms. The van der Waals surface area contributed by atoms with Crippen LogP contribution in [0, 0.1) is 5.82 Å². The van der Waals surface area contributed by atoms with E-state index in [1.54, 1.807) is 19.2 Å². The number of carbonyl (C=O) groups excluding carboxylic acids is 1. The molecule has 7 nitrogen and oxygen atoms in total. The highest BCUT2D eigenvalue weighted by molar-refractivity contribution is 5.90. The molecular weight excluding hydrogens is 341 g/mol. The maximum Gasteiger partial charge on any atom is 0.337 e. The second-order valence-corrected chi connectivity index (χ2v) is 5.25. The Kier molecular flexibility index (Phi) is 5.12. The van der Waals surface area contributed by atoms with Gasteiger partial charge >= 0.3 is 5.97 Å².